The van der Waals surface area contributed by atoms with E-state index in [1.54, 1.807) is 13.2 Å². The second-order valence-electron chi connectivity index (χ2n) is 4.60. The zero-order valence-electron chi connectivity index (χ0n) is 9.78. The Bertz CT molecular complexity index is 353. The molecule has 0 N–H and O–H groups in total. The van der Waals surface area contributed by atoms with Crippen molar-refractivity contribution in [2.75, 3.05) is 34.8 Å². The fourth-order valence-electron chi connectivity index (χ4n) is 1.32. The van der Waals surface area contributed by atoms with E-state index in [1.165, 1.54) is 0 Å². The van der Waals surface area contributed by atoms with Crippen LogP contribution < -0.4 is 4.74 Å². The van der Waals surface area contributed by atoms with Gasteiger partial charge in [0.2, 0.25) is 5.78 Å². The van der Waals surface area contributed by atoms with E-state index in [-0.39, 0.29) is 5.78 Å². The van der Waals surface area contributed by atoms with Crippen molar-refractivity contribution in [1.29, 1.82) is 0 Å². The van der Waals surface area contributed by atoms with Crippen molar-refractivity contribution in [1.82, 2.24) is 0 Å². The number of Topliss-reactive ketones (excluding diaryl/α,β-unsaturated/α-hetero) is 1. The molecule has 0 spiro atoms. The Morgan fingerprint density at radius 2 is 2.00 bits per heavy atom. The van der Waals surface area contributed by atoms with Crippen LogP contribution in [0, 0.1) is 0 Å². The van der Waals surface area contributed by atoms with E-state index in [9.17, 15) is 4.79 Å². The van der Waals surface area contributed by atoms with Crippen LogP contribution in [0.25, 0.3) is 0 Å². The molecule has 1 aromatic rings. The quantitative estimate of drug-likeness (QED) is 0.555. The lowest BCUT2D eigenvalue weighted by atomic mass is 10.1. The van der Waals surface area contributed by atoms with Gasteiger partial charge in [-0.3, -0.25) is 4.79 Å². The Morgan fingerprint density at radius 1 is 1.33 bits per heavy atom. The highest BCUT2D eigenvalue weighted by molar-refractivity contribution is 5.97. The number of rotatable bonds is 4. The highest BCUT2D eigenvalue weighted by Crippen LogP contribution is 2.13. The molecule has 0 bridgehead atoms. The first kappa shape index (κ1) is 11.7. The molecule has 0 unspecified atom stereocenters. The summed E-state index contributed by atoms with van der Waals surface area (Å²) in [5.41, 5.74) is 0.711. The SMILES string of the molecule is COc1cccc(C(=O)C[N+](C)(C)C)c1. The molecular formula is C12H18NO2+. The first-order chi connectivity index (χ1) is 6.92. The van der Waals surface area contributed by atoms with E-state index >= 15 is 0 Å². The third-order valence-corrected chi connectivity index (χ3v) is 2.01. The van der Waals surface area contributed by atoms with Gasteiger partial charge in [-0.05, 0) is 12.1 Å². The van der Waals surface area contributed by atoms with Crippen molar-refractivity contribution in [2.45, 2.75) is 0 Å². The molecule has 0 aliphatic carbocycles. The normalized spacial score (nSPS) is 11.2. The van der Waals surface area contributed by atoms with E-state index in [0.29, 0.717) is 16.6 Å². The molecule has 0 saturated heterocycles. The first-order valence-corrected chi connectivity index (χ1v) is 4.90. The maximum Gasteiger partial charge on any atom is 0.217 e. The van der Waals surface area contributed by atoms with Crippen molar-refractivity contribution in [3.63, 3.8) is 0 Å². The van der Waals surface area contributed by atoms with Gasteiger partial charge in [0.15, 0.2) is 0 Å². The lowest BCUT2D eigenvalue weighted by Crippen LogP contribution is -2.39. The summed E-state index contributed by atoms with van der Waals surface area (Å²) in [6, 6.07) is 7.27. The average molecular weight is 208 g/mol. The summed E-state index contributed by atoms with van der Waals surface area (Å²) in [6.07, 6.45) is 0. The Labute approximate surface area is 90.9 Å². The Morgan fingerprint density at radius 3 is 2.53 bits per heavy atom. The second kappa shape index (κ2) is 4.45. The van der Waals surface area contributed by atoms with Crippen LogP contribution in [-0.4, -0.2) is 45.1 Å². The van der Waals surface area contributed by atoms with Crippen LogP contribution >= 0.6 is 0 Å². The molecule has 0 saturated carbocycles. The fourth-order valence-corrected chi connectivity index (χ4v) is 1.32. The standard InChI is InChI=1S/C12H18NO2/c1-13(2,3)9-12(14)10-6-5-7-11(8-10)15-4/h5-8H,9H2,1-4H3/q+1. The van der Waals surface area contributed by atoms with E-state index < -0.39 is 0 Å². The summed E-state index contributed by atoms with van der Waals surface area (Å²) in [7, 11) is 7.59. The summed E-state index contributed by atoms with van der Waals surface area (Å²) in [5.74, 6) is 0.864. The summed E-state index contributed by atoms with van der Waals surface area (Å²) >= 11 is 0. The maximum absolute atomic E-state index is 11.9. The Balaban J connectivity index is 2.82. The molecule has 0 amide bonds. The molecular weight excluding hydrogens is 190 g/mol. The lowest BCUT2D eigenvalue weighted by Gasteiger charge is -2.22. The molecule has 0 aliphatic rings. The van der Waals surface area contributed by atoms with Gasteiger partial charge in [0.05, 0.1) is 28.3 Å². The number of hydrogen-bond donors (Lipinski definition) is 0. The van der Waals surface area contributed by atoms with Gasteiger partial charge in [0, 0.05) is 5.56 Å². The number of ketones is 1. The largest absolute Gasteiger partial charge is 0.497 e. The predicted octanol–water partition coefficient (Wildman–Crippen LogP) is 1.58. The summed E-state index contributed by atoms with van der Waals surface area (Å²) in [4.78, 5) is 11.9. The number of ether oxygens (including phenoxy) is 1. The molecule has 3 nitrogen and oxygen atoms in total. The van der Waals surface area contributed by atoms with Gasteiger partial charge in [-0.15, -0.1) is 0 Å². The van der Waals surface area contributed by atoms with Crippen LogP contribution in [0.15, 0.2) is 24.3 Å². The molecule has 0 heterocycles. The van der Waals surface area contributed by atoms with Crippen molar-refractivity contribution in [3.8, 4) is 5.75 Å². The van der Waals surface area contributed by atoms with Gasteiger partial charge in [-0.2, -0.15) is 0 Å². The van der Waals surface area contributed by atoms with E-state index in [0.717, 1.165) is 5.75 Å². The predicted molar refractivity (Wildman–Crippen MR) is 60.2 cm³/mol. The van der Waals surface area contributed by atoms with Crippen LogP contribution in [0.1, 0.15) is 10.4 Å². The number of hydrogen-bond acceptors (Lipinski definition) is 2. The number of carbonyl (C=O) groups excluding carboxylic acids is 1. The molecule has 0 atom stereocenters. The maximum atomic E-state index is 11.9. The molecule has 0 aliphatic heterocycles. The second-order valence-corrected chi connectivity index (χ2v) is 4.60. The lowest BCUT2D eigenvalue weighted by molar-refractivity contribution is -0.861. The molecule has 0 radical (unpaired) electrons. The van der Waals surface area contributed by atoms with Gasteiger partial charge in [-0.1, -0.05) is 12.1 Å². The minimum atomic E-state index is 0.140. The highest BCUT2D eigenvalue weighted by atomic mass is 16.5. The van der Waals surface area contributed by atoms with E-state index in [1.807, 2.05) is 39.3 Å². The molecule has 15 heavy (non-hydrogen) atoms. The van der Waals surface area contributed by atoms with Gasteiger partial charge >= 0.3 is 0 Å². The number of methoxy groups -OCH3 is 1. The van der Waals surface area contributed by atoms with Gasteiger partial charge in [0.25, 0.3) is 0 Å². The monoisotopic (exact) mass is 208 g/mol. The zero-order valence-corrected chi connectivity index (χ0v) is 9.78. The Kier molecular flexibility index (Phi) is 3.48. The van der Waals surface area contributed by atoms with E-state index in [2.05, 4.69) is 0 Å². The molecule has 3 heteroatoms. The smallest absolute Gasteiger partial charge is 0.217 e. The molecule has 1 aromatic carbocycles. The third-order valence-electron chi connectivity index (χ3n) is 2.01. The number of carbonyl (C=O) groups is 1. The van der Waals surface area contributed by atoms with Crippen LogP contribution in [-0.2, 0) is 0 Å². The molecule has 0 aromatic heterocycles. The van der Waals surface area contributed by atoms with Crippen molar-refractivity contribution in [2.24, 2.45) is 0 Å². The topological polar surface area (TPSA) is 26.3 Å². The van der Waals surface area contributed by atoms with E-state index in [4.69, 9.17) is 4.74 Å². The van der Waals surface area contributed by atoms with Gasteiger partial charge in [-0.25, -0.2) is 0 Å². The molecule has 1 rings (SSSR count). The summed E-state index contributed by atoms with van der Waals surface area (Å²) in [6.45, 7) is 0.493. The fraction of sp³-hybridized carbons (Fsp3) is 0.417. The number of benzene rings is 1. The van der Waals surface area contributed by atoms with Crippen LogP contribution in [0.2, 0.25) is 0 Å². The van der Waals surface area contributed by atoms with Crippen LogP contribution in [0.3, 0.4) is 0 Å². The van der Waals surface area contributed by atoms with Gasteiger partial charge in [0.1, 0.15) is 12.3 Å². The first-order valence-electron chi connectivity index (χ1n) is 4.90. The Hall–Kier alpha value is -1.35. The van der Waals surface area contributed by atoms with Crippen LogP contribution in [0.4, 0.5) is 0 Å². The minimum Gasteiger partial charge on any atom is -0.497 e. The van der Waals surface area contributed by atoms with Gasteiger partial charge < -0.3 is 9.22 Å². The van der Waals surface area contributed by atoms with Crippen LogP contribution in [0.5, 0.6) is 5.75 Å². The van der Waals surface area contributed by atoms with Crippen molar-refractivity contribution >= 4 is 5.78 Å². The molecule has 82 valence electrons. The third kappa shape index (κ3) is 3.72. The highest BCUT2D eigenvalue weighted by Gasteiger charge is 2.16. The number of quaternary nitrogens is 1. The van der Waals surface area contributed by atoms with Crippen molar-refractivity contribution in [3.05, 3.63) is 29.8 Å². The summed E-state index contributed by atoms with van der Waals surface area (Å²) in [5, 5.41) is 0. The average Bonchev–Trinajstić information content (AvgIpc) is 2.15. The minimum absolute atomic E-state index is 0.140. The number of likely N-dealkylation sites (N-methyl/N-ethyl adjacent to an activating group) is 1. The molecule has 0 fully saturated rings. The number of nitrogens with zero attached hydrogens (tertiary/aromatic N) is 1. The zero-order chi connectivity index (χ0) is 11.5. The van der Waals surface area contributed by atoms with Crippen molar-refractivity contribution < 1.29 is 14.0 Å². The summed E-state index contributed by atoms with van der Waals surface area (Å²) < 4.78 is 5.71.